The number of hydrogen-bond acceptors (Lipinski definition) is 4. The second-order valence-electron chi connectivity index (χ2n) is 7.07. The minimum absolute atomic E-state index is 0.0758. The molecule has 0 radical (unpaired) electrons. The van der Waals surface area contributed by atoms with Gasteiger partial charge in [0.2, 0.25) is 5.91 Å². The van der Waals surface area contributed by atoms with Crippen LogP contribution in [-0.4, -0.2) is 24.7 Å². The van der Waals surface area contributed by atoms with Gasteiger partial charge in [0.15, 0.2) is 0 Å². The molecule has 0 unspecified atom stereocenters. The highest BCUT2D eigenvalue weighted by Crippen LogP contribution is 2.42. The molecule has 0 bridgehead atoms. The summed E-state index contributed by atoms with van der Waals surface area (Å²) < 4.78 is 5.21. The Bertz CT molecular complexity index is 1050. The summed E-state index contributed by atoms with van der Waals surface area (Å²) in [6, 6.07) is 22.6. The monoisotopic (exact) mass is 418 g/mol. The van der Waals surface area contributed by atoms with E-state index in [9.17, 15) is 9.59 Å². The first kappa shape index (κ1) is 20.0. The van der Waals surface area contributed by atoms with Crippen molar-refractivity contribution in [3.05, 3.63) is 89.5 Å². The first-order chi connectivity index (χ1) is 14.5. The molecule has 1 N–H and O–H groups in total. The molecule has 0 saturated carbocycles. The number of hydrogen-bond donors (Lipinski definition) is 1. The molecule has 0 aromatic heterocycles. The molecule has 5 nitrogen and oxygen atoms in total. The number of thioether (sulfide) groups is 1. The lowest BCUT2D eigenvalue weighted by atomic mass is 10.1. The van der Waals surface area contributed by atoms with Crippen LogP contribution in [0.4, 0.5) is 11.4 Å². The summed E-state index contributed by atoms with van der Waals surface area (Å²) in [5.41, 5.74) is 4.30. The number of carbonyl (C=O) groups is 2. The summed E-state index contributed by atoms with van der Waals surface area (Å²) in [5, 5.41) is 2.82. The van der Waals surface area contributed by atoms with Gasteiger partial charge in [-0.25, -0.2) is 0 Å². The smallest absolute Gasteiger partial charge is 0.255 e. The van der Waals surface area contributed by atoms with Crippen molar-refractivity contribution in [3.8, 4) is 5.75 Å². The Labute approximate surface area is 180 Å². The maximum atomic E-state index is 12.5. The fourth-order valence-corrected chi connectivity index (χ4v) is 4.51. The summed E-state index contributed by atoms with van der Waals surface area (Å²) in [6.07, 6.45) is 0. The number of nitrogens with zero attached hydrogens (tertiary/aromatic N) is 1. The summed E-state index contributed by atoms with van der Waals surface area (Å²) in [6.45, 7) is 1.99. The molecule has 152 valence electrons. The topological polar surface area (TPSA) is 58.6 Å². The van der Waals surface area contributed by atoms with Crippen molar-refractivity contribution in [2.45, 2.75) is 12.3 Å². The number of benzene rings is 3. The first-order valence-corrected chi connectivity index (χ1v) is 10.7. The number of carbonyl (C=O) groups excluding carboxylic acids is 2. The standard InChI is InChI=1S/C24H22N2O3S/c1-16-3-5-17(6-4-16)23(28)25-19-9-7-18(8-10-19)24-26(22(27)15-30-24)20-11-13-21(29-2)14-12-20/h3-14,24H,15H2,1-2H3,(H,25,28)/t24-/m0/s1. The second-order valence-corrected chi connectivity index (χ2v) is 8.14. The Kier molecular flexibility index (Phi) is 5.77. The van der Waals surface area contributed by atoms with E-state index in [1.165, 1.54) is 0 Å². The summed E-state index contributed by atoms with van der Waals surface area (Å²) >= 11 is 1.59. The van der Waals surface area contributed by atoms with Crippen molar-refractivity contribution in [2.75, 3.05) is 23.1 Å². The van der Waals surface area contributed by atoms with Crippen LogP contribution in [0.3, 0.4) is 0 Å². The average molecular weight is 419 g/mol. The van der Waals surface area contributed by atoms with Gasteiger partial charge in [-0.2, -0.15) is 0 Å². The largest absolute Gasteiger partial charge is 0.497 e. The zero-order chi connectivity index (χ0) is 21.1. The molecular formula is C24H22N2O3S. The van der Waals surface area contributed by atoms with Gasteiger partial charge in [0.25, 0.3) is 5.91 Å². The SMILES string of the molecule is COc1ccc(N2C(=O)CS[C@H]2c2ccc(NC(=O)c3ccc(C)cc3)cc2)cc1. The number of nitrogens with one attached hydrogen (secondary N) is 1. The zero-order valence-electron chi connectivity index (χ0n) is 16.8. The fraction of sp³-hybridized carbons (Fsp3) is 0.167. The third kappa shape index (κ3) is 4.19. The minimum atomic E-state index is -0.145. The predicted molar refractivity (Wildman–Crippen MR) is 121 cm³/mol. The average Bonchev–Trinajstić information content (AvgIpc) is 3.16. The van der Waals surface area contributed by atoms with E-state index in [-0.39, 0.29) is 17.2 Å². The molecule has 3 aromatic carbocycles. The Morgan fingerprint density at radius 1 is 1.00 bits per heavy atom. The molecule has 1 fully saturated rings. The Morgan fingerprint density at radius 3 is 2.30 bits per heavy atom. The van der Waals surface area contributed by atoms with Crippen LogP contribution in [0.15, 0.2) is 72.8 Å². The normalized spacial score (nSPS) is 15.9. The summed E-state index contributed by atoms with van der Waals surface area (Å²) in [5.74, 6) is 1.12. The predicted octanol–water partition coefficient (Wildman–Crippen LogP) is 5.03. The van der Waals surface area contributed by atoms with Crippen LogP contribution in [0, 0.1) is 6.92 Å². The first-order valence-electron chi connectivity index (χ1n) is 9.61. The zero-order valence-corrected chi connectivity index (χ0v) is 17.6. The number of anilines is 2. The molecule has 0 aliphatic carbocycles. The molecule has 2 amide bonds. The number of amides is 2. The van der Waals surface area contributed by atoms with Gasteiger partial charge in [-0.1, -0.05) is 29.8 Å². The lowest BCUT2D eigenvalue weighted by molar-refractivity contribution is -0.115. The lowest BCUT2D eigenvalue weighted by Gasteiger charge is -2.24. The second kappa shape index (κ2) is 8.63. The minimum Gasteiger partial charge on any atom is -0.497 e. The van der Waals surface area contributed by atoms with Gasteiger partial charge < -0.3 is 10.1 Å². The third-order valence-electron chi connectivity index (χ3n) is 4.99. The summed E-state index contributed by atoms with van der Waals surface area (Å²) in [4.78, 5) is 26.8. The van der Waals surface area contributed by atoms with E-state index in [4.69, 9.17) is 4.74 Å². The number of rotatable bonds is 5. The molecular weight excluding hydrogens is 396 g/mol. The molecule has 1 saturated heterocycles. The van der Waals surface area contributed by atoms with E-state index in [0.717, 1.165) is 28.3 Å². The van der Waals surface area contributed by atoms with Gasteiger partial charge >= 0.3 is 0 Å². The molecule has 6 heteroatoms. The van der Waals surface area contributed by atoms with Crippen molar-refractivity contribution >= 4 is 35.0 Å². The van der Waals surface area contributed by atoms with Gasteiger partial charge in [-0.15, -0.1) is 11.8 Å². The molecule has 1 aliphatic heterocycles. The van der Waals surface area contributed by atoms with Crippen LogP contribution < -0.4 is 15.0 Å². The van der Waals surface area contributed by atoms with Crippen molar-refractivity contribution in [1.29, 1.82) is 0 Å². The van der Waals surface area contributed by atoms with Gasteiger partial charge in [-0.05, 0) is 61.0 Å². The van der Waals surface area contributed by atoms with Crippen molar-refractivity contribution in [2.24, 2.45) is 0 Å². The summed E-state index contributed by atoms with van der Waals surface area (Å²) in [7, 11) is 1.62. The highest BCUT2D eigenvalue weighted by atomic mass is 32.2. The number of ether oxygens (including phenoxy) is 1. The molecule has 30 heavy (non-hydrogen) atoms. The van der Waals surface area contributed by atoms with Crippen LogP contribution >= 0.6 is 11.8 Å². The quantitative estimate of drug-likeness (QED) is 0.631. The van der Waals surface area contributed by atoms with Crippen LogP contribution in [0.1, 0.15) is 26.9 Å². The fourth-order valence-electron chi connectivity index (χ4n) is 3.33. The highest BCUT2D eigenvalue weighted by Gasteiger charge is 2.34. The van der Waals surface area contributed by atoms with Gasteiger partial charge in [0, 0.05) is 16.9 Å². The maximum Gasteiger partial charge on any atom is 0.255 e. The van der Waals surface area contributed by atoms with Crippen molar-refractivity contribution < 1.29 is 14.3 Å². The van der Waals surface area contributed by atoms with E-state index >= 15 is 0 Å². The van der Waals surface area contributed by atoms with E-state index in [2.05, 4.69) is 5.32 Å². The Hall–Kier alpha value is -3.25. The third-order valence-corrected chi connectivity index (χ3v) is 6.20. The van der Waals surface area contributed by atoms with Gasteiger partial charge in [0.05, 0.1) is 12.9 Å². The van der Waals surface area contributed by atoms with E-state index < -0.39 is 0 Å². The van der Waals surface area contributed by atoms with Crippen molar-refractivity contribution in [1.82, 2.24) is 0 Å². The number of aryl methyl sites for hydroxylation is 1. The van der Waals surface area contributed by atoms with E-state index in [0.29, 0.717) is 11.3 Å². The Morgan fingerprint density at radius 2 is 1.67 bits per heavy atom. The Balaban J connectivity index is 1.50. The molecule has 1 aliphatic rings. The van der Waals surface area contributed by atoms with Crippen LogP contribution in [0.5, 0.6) is 5.75 Å². The molecule has 0 spiro atoms. The van der Waals surface area contributed by atoms with Crippen LogP contribution in [0.25, 0.3) is 0 Å². The molecule has 4 rings (SSSR count). The highest BCUT2D eigenvalue weighted by molar-refractivity contribution is 8.00. The van der Waals surface area contributed by atoms with Crippen LogP contribution in [-0.2, 0) is 4.79 Å². The van der Waals surface area contributed by atoms with Gasteiger partial charge in [0.1, 0.15) is 11.1 Å². The molecule has 3 aromatic rings. The van der Waals surface area contributed by atoms with Crippen LogP contribution in [0.2, 0.25) is 0 Å². The van der Waals surface area contributed by atoms with Crippen molar-refractivity contribution in [3.63, 3.8) is 0 Å². The van der Waals surface area contributed by atoms with Gasteiger partial charge in [-0.3, -0.25) is 14.5 Å². The lowest BCUT2D eigenvalue weighted by Crippen LogP contribution is -2.27. The maximum absolute atomic E-state index is 12.5. The van der Waals surface area contributed by atoms with E-state index in [1.807, 2.05) is 84.6 Å². The molecule has 1 atom stereocenters. The molecule has 1 heterocycles. The van der Waals surface area contributed by atoms with E-state index in [1.54, 1.807) is 18.9 Å². The number of methoxy groups -OCH3 is 1.